The number of halogens is 1. The molecule has 2 atom stereocenters. The van der Waals surface area contributed by atoms with Crippen LogP contribution in [0.2, 0.25) is 0 Å². The molecular formula is C12H18FNO2S. The van der Waals surface area contributed by atoms with Gasteiger partial charge in [-0.05, 0) is 30.7 Å². The summed E-state index contributed by atoms with van der Waals surface area (Å²) < 4.78 is 23.4. The quantitative estimate of drug-likeness (QED) is 0.724. The van der Waals surface area contributed by atoms with Gasteiger partial charge in [0.1, 0.15) is 5.82 Å². The molecule has 0 heterocycles. The number of aliphatic hydroxyl groups excluding tert-OH is 1. The number of hydrogen-bond acceptors (Lipinski definition) is 3. The first-order chi connectivity index (χ1) is 8.09. The van der Waals surface area contributed by atoms with Crippen molar-refractivity contribution in [2.75, 3.05) is 25.1 Å². The maximum Gasteiger partial charge on any atom is 0.123 e. The Morgan fingerprint density at radius 2 is 2.06 bits per heavy atom. The monoisotopic (exact) mass is 259 g/mol. The standard InChI is InChI=1S/C12H18FNO2S/c1-17(16)8-2-7-14-9-12(15)10-3-5-11(13)6-4-10/h3-6,12,14-15H,2,7-9H2,1H3. The summed E-state index contributed by atoms with van der Waals surface area (Å²) in [6.45, 7) is 1.14. The van der Waals surface area contributed by atoms with Crippen molar-refractivity contribution in [2.45, 2.75) is 12.5 Å². The minimum Gasteiger partial charge on any atom is -0.387 e. The second-order valence-electron chi connectivity index (χ2n) is 3.90. The van der Waals surface area contributed by atoms with Gasteiger partial charge in [0.25, 0.3) is 0 Å². The minimum absolute atomic E-state index is 0.306. The number of benzene rings is 1. The fourth-order valence-electron chi connectivity index (χ4n) is 1.44. The number of rotatable bonds is 7. The van der Waals surface area contributed by atoms with Crippen LogP contribution in [0.1, 0.15) is 18.1 Å². The fourth-order valence-corrected chi connectivity index (χ4v) is 1.99. The van der Waals surface area contributed by atoms with Crippen molar-refractivity contribution < 1.29 is 13.7 Å². The van der Waals surface area contributed by atoms with Crippen LogP contribution in [0.5, 0.6) is 0 Å². The molecule has 0 fully saturated rings. The van der Waals surface area contributed by atoms with Crippen LogP contribution in [0.25, 0.3) is 0 Å². The highest BCUT2D eigenvalue weighted by Gasteiger charge is 2.06. The van der Waals surface area contributed by atoms with Gasteiger partial charge in [0.15, 0.2) is 0 Å². The van der Waals surface area contributed by atoms with Gasteiger partial charge in [0.05, 0.1) is 6.10 Å². The summed E-state index contributed by atoms with van der Waals surface area (Å²) in [7, 11) is -0.763. The highest BCUT2D eigenvalue weighted by Crippen LogP contribution is 2.12. The van der Waals surface area contributed by atoms with E-state index in [1.165, 1.54) is 12.1 Å². The van der Waals surface area contributed by atoms with E-state index in [0.29, 0.717) is 17.9 Å². The molecule has 5 heteroatoms. The Hall–Kier alpha value is -0.780. The maximum atomic E-state index is 12.7. The zero-order valence-corrected chi connectivity index (χ0v) is 10.7. The van der Waals surface area contributed by atoms with Crippen LogP contribution >= 0.6 is 0 Å². The Kier molecular flexibility index (Phi) is 6.32. The van der Waals surface area contributed by atoms with E-state index in [1.807, 2.05) is 0 Å². The smallest absolute Gasteiger partial charge is 0.123 e. The average Bonchev–Trinajstić information content (AvgIpc) is 2.29. The zero-order chi connectivity index (χ0) is 12.7. The molecule has 0 radical (unpaired) electrons. The summed E-state index contributed by atoms with van der Waals surface area (Å²) in [5, 5.41) is 12.9. The summed E-state index contributed by atoms with van der Waals surface area (Å²) in [5.41, 5.74) is 0.693. The molecule has 96 valence electrons. The van der Waals surface area contributed by atoms with E-state index in [-0.39, 0.29) is 5.82 Å². The lowest BCUT2D eigenvalue weighted by Crippen LogP contribution is -2.23. The second-order valence-corrected chi connectivity index (χ2v) is 5.46. The van der Waals surface area contributed by atoms with Crippen LogP contribution in [0.3, 0.4) is 0 Å². The minimum atomic E-state index is -0.763. The molecule has 2 N–H and O–H groups in total. The van der Waals surface area contributed by atoms with Crippen LogP contribution in [-0.4, -0.2) is 34.4 Å². The van der Waals surface area contributed by atoms with Gasteiger partial charge in [-0.25, -0.2) is 4.39 Å². The van der Waals surface area contributed by atoms with Crippen molar-refractivity contribution in [3.8, 4) is 0 Å². The average molecular weight is 259 g/mol. The lowest BCUT2D eigenvalue weighted by Gasteiger charge is -2.11. The number of nitrogens with one attached hydrogen (secondary N) is 1. The third-order valence-electron chi connectivity index (χ3n) is 2.38. The van der Waals surface area contributed by atoms with Crippen LogP contribution in [0, 0.1) is 5.82 Å². The fraction of sp³-hybridized carbons (Fsp3) is 0.500. The van der Waals surface area contributed by atoms with Crippen LogP contribution in [0.15, 0.2) is 24.3 Å². The van der Waals surface area contributed by atoms with Crippen LogP contribution < -0.4 is 5.32 Å². The molecule has 0 saturated carbocycles. The third-order valence-corrected chi connectivity index (χ3v) is 3.24. The molecule has 17 heavy (non-hydrogen) atoms. The summed E-state index contributed by atoms with van der Waals surface area (Å²) in [6.07, 6.45) is 1.86. The summed E-state index contributed by atoms with van der Waals surface area (Å²) in [5.74, 6) is 0.360. The van der Waals surface area contributed by atoms with E-state index in [9.17, 15) is 13.7 Å². The van der Waals surface area contributed by atoms with Gasteiger partial charge in [0.2, 0.25) is 0 Å². The third kappa shape index (κ3) is 5.91. The predicted octanol–water partition coefficient (Wildman–Crippen LogP) is 1.22. The van der Waals surface area contributed by atoms with Crippen molar-refractivity contribution >= 4 is 10.8 Å². The van der Waals surface area contributed by atoms with Crippen LogP contribution in [-0.2, 0) is 10.8 Å². The second kappa shape index (κ2) is 7.53. The SMILES string of the molecule is CS(=O)CCCNCC(O)c1ccc(F)cc1. The topological polar surface area (TPSA) is 49.3 Å². The number of hydrogen-bond donors (Lipinski definition) is 2. The normalized spacial score (nSPS) is 14.5. The first-order valence-electron chi connectivity index (χ1n) is 5.54. The molecule has 0 aliphatic carbocycles. The highest BCUT2D eigenvalue weighted by atomic mass is 32.2. The van der Waals surface area contributed by atoms with E-state index in [1.54, 1.807) is 18.4 Å². The van der Waals surface area contributed by atoms with E-state index in [2.05, 4.69) is 5.32 Å². The van der Waals surface area contributed by atoms with Crippen molar-refractivity contribution in [1.29, 1.82) is 0 Å². The summed E-state index contributed by atoms with van der Waals surface area (Å²) in [6, 6.07) is 5.81. The van der Waals surface area contributed by atoms with Crippen molar-refractivity contribution in [2.24, 2.45) is 0 Å². The predicted molar refractivity (Wildman–Crippen MR) is 67.8 cm³/mol. The van der Waals surface area contributed by atoms with Gasteiger partial charge in [-0.2, -0.15) is 0 Å². The number of aliphatic hydroxyl groups is 1. The zero-order valence-electron chi connectivity index (χ0n) is 9.86. The molecular weight excluding hydrogens is 241 g/mol. The Morgan fingerprint density at radius 1 is 1.41 bits per heavy atom. The Labute approximate surface area is 104 Å². The van der Waals surface area contributed by atoms with E-state index in [0.717, 1.165) is 13.0 Å². The molecule has 0 aromatic heterocycles. The van der Waals surface area contributed by atoms with Gasteiger partial charge >= 0.3 is 0 Å². The van der Waals surface area contributed by atoms with Crippen molar-refractivity contribution in [1.82, 2.24) is 5.32 Å². The molecule has 0 aliphatic rings. The molecule has 2 unspecified atom stereocenters. The molecule has 1 aromatic rings. The van der Waals surface area contributed by atoms with E-state index < -0.39 is 16.9 Å². The lowest BCUT2D eigenvalue weighted by atomic mass is 10.1. The van der Waals surface area contributed by atoms with Gasteiger partial charge < -0.3 is 10.4 Å². The lowest BCUT2D eigenvalue weighted by molar-refractivity contribution is 0.175. The molecule has 0 amide bonds. The summed E-state index contributed by atoms with van der Waals surface area (Å²) in [4.78, 5) is 0. The molecule has 0 spiro atoms. The molecule has 1 aromatic carbocycles. The van der Waals surface area contributed by atoms with Crippen molar-refractivity contribution in [3.63, 3.8) is 0 Å². The highest BCUT2D eigenvalue weighted by molar-refractivity contribution is 7.84. The first kappa shape index (κ1) is 14.3. The van der Waals surface area contributed by atoms with Gasteiger partial charge in [-0.15, -0.1) is 0 Å². The molecule has 0 aliphatic heterocycles. The van der Waals surface area contributed by atoms with E-state index >= 15 is 0 Å². The van der Waals surface area contributed by atoms with Gasteiger partial charge in [-0.1, -0.05) is 12.1 Å². The molecule has 0 saturated heterocycles. The van der Waals surface area contributed by atoms with E-state index in [4.69, 9.17) is 0 Å². The maximum absolute atomic E-state index is 12.7. The summed E-state index contributed by atoms with van der Waals surface area (Å²) >= 11 is 0. The molecule has 3 nitrogen and oxygen atoms in total. The largest absolute Gasteiger partial charge is 0.387 e. The Bertz CT molecular complexity index is 356. The Balaban J connectivity index is 2.23. The van der Waals surface area contributed by atoms with Gasteiger partial charge in [0, 0.05) is 29.4 Å². The van der Waals surface area contributed by atoms with Crippen molar-refractivity contribution in [3.05, 3.63) is 35.6 Å². The molecule has 0 bridgehead atoms. The molecule has 1 rings (SSSR count). The van der Waals surface area contributed by atoms with Gasteiger partial charge in [-0.3, -0.25) is 4.21 Å². The van der Waals surface area contributed by atoms with Crippen LogP contribution in [0.4, 0.5) is 4.39 Å². The Morgan fingerprint density at radius 3 is 2.65 bits per heavy atom. The first-order valence-corrected chi connectivity index (χ1v) is 7.26.